The van der Waals surface area contributed by atoms with Gasteiger partial charge in [0.1, 0.15) is 17.1 Å². The number of hydrogen-bond acceptors (Lipinski definition) is 4. The van der Waals surface area contributed by atoms with E-state index in [9.17, 15) is 5.11 Å². The van der Waals surface area contributed by atoms with Crippen molar-refractivity contribution < 1.29 is 5.11 Å². The van der Waals surface area contributed by atoms with Crippen molar-refractivity contribution in [1.29, 1.82) is 0 Å². The summed E-state index contributed by atoms with van der Waals surface area (Å²) in [5, 5.41) is 12.4. The van der Waals surface area contributed by atoms with Gasteiger partial charge in [-0.3, -0.25) is 14.5 Å². The lowest BCUT2D eigenvalue weighted by molar-refractivity contribution is 0.446. The van der Waals surface area contributed by atoms with E-state index in [4.69, 9.17) is 15.0 Å². The molecule has 0 bridgehead atoms. The van der Waals surface area contributed by atoms with Crippen LogP contribution in [0.25, 0.3) is 72.9 Å². The van der Waals surface area contributed by atoms with Crippen molar-refractivity contribution in [2.24, 2.45) is 0 Å². The maximum atomic E-state index is 12.4. The van der Waals surface area contributed by atoms with Gasteiger partial charge in [-0.2, -0.15) is 0 Å². The number of nitrogens with zero attached hydrogens (tertiary/aromatic N) is 4. The summed E-state index contributed by atoms with van der Waals surface area (Å²) in [6, 6.07) is 45.1. The number of para-hydroxylation sites is 1. The van der Waals surface area contributed by atoms with Crippen LogP contribution in [0.1, 0.15) is 105 Å². The molecule has 0 unspecified atom stereocenters. The van der Waals surface area contributed by atoms with Crippen LogP contribution in [0.5, 0.6) is 5.75 Å². The first-order chi connectivity index (χ1) is 29.2. The minimum atomic E-state index is -0.328. The SMILES string of the molecule is CC(C)(C)c1cc(-c2cc(-c3ccccn3)cc(-c3nccc4c3nc(-c3cc(C(C)(C)C)cc(C(C)(C)C)c3O)n4-c3ccccc3-c3ccccc3)c2)cc(C(C)(C)C)c1. The Kier molecular flexibility index (Phi) is 10.6. The fraction of sp³-hybridized carbons (Fsp3) is 0.281. The molecule has 3 heterocycles. The van der Waals surface area contributed by atoms with Crippen LogP contribution in [0.3, 0.4) is 0 Å². The summed E-state index contributed by atoms with van der Waals surface area (Å²) in [7, 11) is 0. The number of phenols is 1. The predicted molar refractivity (Wildman–Crippen MR) is 260 cm³/mol. The first-order valence-corrected chi connectivity index (χ1v) is 21.8. The van der Waals surface area contributed by atoms with Gasteiger partial charge in [0.15, 0.2) is 0 Å². The molecular weight excluding hydrogens is 757 g/mol. The Bertz CT molecular complexity index is 2900. The summed E-state index contributed by atoms with van der Waals surface area (Å²) in [6.45, 7) is 26.8. The zero-order valence-corrected chi connectivity index (χ0v) is 38.5. The Morgan fingerprint density at radius 3 is 1.66 bits per heavy atom. The van der Waals surface area contributed by atoms with Crippen LogP contribution in [0, 0.1) is 0 Å². The smallest absolute Gasteiger partial charge is 0.149 e. The number of aromatic hydroxyl groups is 1. The molecule has 62 heavy (non-hydrogen) atoms. The van der Waals surface area contributed by atoms with Gasteiger partial charge in [-0.1, -0.05) is 162 Å². The van der Waals surface area contributed by atoms with E-state index in [-0.39, 0.29) is 27.4 Å². The Balaban J connectivity index is 1.48. The van der Waals surface area contributed by atoms with Gasteiger partial charge in [-0.15, -0.1) is 0 Å². The highest BCUT2D eigenvalue weighted by molar-refractivity contribution is 5.97. The van der Waals surface area contributed by atoms with E-state index in [1.807, 2.05) is 30.6 Å². The minimum Gasteiger partial charge on any atom is -0.507 e. The number of phenolic OH excluding ortho intramolecular Hbond substituents is 1. The van der Waals surface area contributed by atoms with Crippen LogP contribution in [-0.2, 0) is 21.7 Å². The monoisotopic (exact) mass is 816 g/mol. The van der Waals surface area contributed by atoms with E-state index >= 15 is 0 Å². The van der Waals surface area contributed by atoms with Crippen LogP contribution in [0.4, 0.5) is 0 Å². The van der Waals surface area contributed by atoms with E-state index in [0.717, 1.165) is 72.6 Å². The molecule has 0 amide bonds. The number of pyridine rings is 2. The zero-order valence-electron chi connectivity index (χ0n) is 38.5. The fourth-order valence-corrected chi connectivity index (χ4v) is 8.25. The second-order valence-corrected chi connectivity index (χ2v) is 20.9. The maximum Gasteiger partial charge on any atom is 0.149 e. The van der Waals surface area contributed by atoms with Crippen molar-refractivity contribution in [2.75, 3.05) is 0 Å². The van der Waals surface area contributed by atoms with Gasteiger partial charge < -0.3 is 5.11 Å². The molecule has 0 radical (unpaired) electrons. The van der Waals surface area contributed by atoms with Crippen molar-refractivity contribution in [1.82, 2.24) is 19.5 Å². The number of benzene rings is 5. The molecule has 8 rings (SSSR count). The third kappa shape index (κ3) is 8.21. The van der Waals surface area contributed by atoms with Gasteiger partial charge in [0.25, 0.3) is 0 Å². The van der Waals surface area contributed by atoms with Gasteiger partial charge in [0.2, 0.25) is 0 Å². The van der Waals surface area contributed by atoms with Crippen molar-refractivity contribution in [3.05, 3.63) is 162 Å². The van der Waals surface area contributed by atoms with Crippen LogP contribution >= 0.6 is 0 Å². The lowest BCUT2D eigenvalue weighted by Gasteiger charge is -2.27. The van der Waals surface area contributed by atoms with Gasteiger partial charge in [-0.05, 0) is 104 Å². The highest BCUT2D eigenvalue weighted by Gasteiger charge is 2.30. The first kappa shape index (κ1) is 42.4. The third-order valence-electron chi connectivity index (χ3n) is 12.0. The van der Waals surface area contributed by atoms with E-state index in [1.165, 1.54) is 11.1 Å². The van der Waals surface area contributed by atoms with Crippen molar-refractivity contribution in [3.8, 4) is 67.6 Å². The molecule has 0 aliphatic carbocycles. The van der Waals surface area contributed by atoms with Crippen molar-refractivity contribution in [3.63, 3.8) is 0 Å². The Hall–Kier alpha value is -6.33. The first-order valence-electron chi connectivity index (χ1n) is 21.8. The minimum absolute atomic E-state index is 0.0490. The molecule has 0 saturated carbocycles. The van der Waals surface area contributed by atoms with Crippen LogP contribution < -0.4 is 0 Å². The van der Waals surface area contributed by atoms with Gasteiger partial charge in [-0.25, -0.2) is 4.98 Å². The summed E-state index contributed by atoms with van der Waals surface area (Å²) in [4.78, 5) is 15.6. The van der Waals surface area contributed by atoms with Crippen molar-refractivity contribution in [2.45, 2.75) is 105 Å². The van der Waals surface area contributed by atoms with Crippen LogP contribution in [0.15, 0.2) is 140 Å². The molecule has 0 aliphatic heterocycles. The Morgan fingerprint density at radius 1 is 0.452 bits per heavy atom. The molecule has 1 N–H and O–H groups in total. The molecule has 5 aromatic carbocycles. The number of rotatable bonds is 6. The molecule has 314 valence electrons. The summed E-state index contributed by atoms with van der Waals surface area (Å²) in [5.41, 5.74) is 15.2. The molecule has 0 spiro atoms. The quantitative estimate of drug-likeness (QED) is 0.182. The normalized spacial score (nSPS) is 12.6. The van der Waals surface area contributed by atoms with E-state index < -0.39 is 0 Å². The van der Waals surface area contributed by atoms with E-state index in [2.05, 4.69) is 197 Å². The van der Waals surface area contributed by atoms with Gasteiger partial charge >= 0.3 is 0 Å². The Morgan fingerprint density at radius 2 is 1.03 bits per heavy atom. The van der Waals surface area contributed by atoms with Gasteiger partial charge in [0.05, 0.1) is 28.2 Å². The standard InChI is InChI=1S/C57H60N4O/c1-54(2,3)41-31-38(32-42(33-41)55(4,5)6)37-28-39(47-23-18-19-26-58-47)30-40(29-37)50-51-49(25-27-59-50)61(48-24-17-16-22-44(48)36-20-14-13-15-21-36)53(60-51)45-34-43(56(7,8)9)35-46(52(45)62)57(10,11)12/h13-35,62H,1-12H3. The second-order valence-electron chi connectivity index (χ2n) is 20.9. The maximum absolute atomic E-state index is 12.4. The summed E-state index contributed by atoms with van der Waals surface area (Å²) >= 11 is 0. The predicted octanol–water partition coefficient (Wildman–Crippen LogP) is 15.0. The summed E-state index contributed by atoms with van der Waals surface area (Å²) in [5.74, 6) is 0.891. The van der Waals surface area contributed by atoms with E-state index in [0.29, 0.717) is 11.4 Å². The molecule has 0 aliphatic rings. The van der Waals surface area contributed by atoms with Crippen LogP contribution in [0.2, 0.25) is 0 Å². The van der Waals surface area contributed by atoms with E-state index in [1.54, 1.807) is 0 Å². The molecular formula is C57H60N4O. The highest BCUT2D eigenvalue weighted by Crippen LogP contribution is 2.46. The molecule has 5 nitrogen and oxygen atoms in total. The molecule has 0 fully saturated rings. The van der Waals surface area contributed by atoms with Crippen LogP contribution in [-0.4, -0.2) is 24.6 Å². The van der Waals surface area contributed by atoms with Gasteiger partial charge in [0, 0.05) is 34.6 Å². The summed E-state index contributed by atoms with van der Waals surface area (Å²) < 4.78 is 2.22. The molecule has 5 heteroatoms. The fourth-order valence-electron chi connectivity index (χ4n) is 8.25. The third-order valence-corrected chi connectivity index (χ3v) is 12.0. The molecule has 0 saturated heterocycles. The zero-order chi connectivity index (χ0) is 44.4. The lowest BCUT2D eigenvalue weighted by atomic mass is 9.78. The number of imidazole rings is 1. The second kappa shape index (κ2) is 15.5. The molecule has 0 atom stereocenters. The average molecular weight is 817 g/mol. The highest BCUT2D eigenvalue weighted by atomic mass is 16.3. The average Bonchev–Trinajstić information content (AvgIpc) is 3.62. The molecule has 8 aromatic rings. The topological polar surface area (TPSA) is 63.8 Å². The Labute approximate surface area is 368 Å². The summed E-state index contributed by atoms with van der Waals surface area (Å²) in [6.07, 6.45) is 3.74. The van der Waals surface area contributed by atoms with Crippen molar-refractivity contribution >= 4 is 11.0 Å². The number of fused-ring (bicyclic) bond motifs is 1. The number of aromatic nitrogens is 4. The largest absolute Gasteiger partial charge is 0.507 e. The molecule has 3 aromatic heterocycles. The lowest BCUT2D eigenvalue weighted by Crippen LogP contribution is -2.17. The number of hydrogen-bond donors (Lipinski definition) is 1.